The van der Waals surface area contributed by atoms with E-state index in [1.807, 2.05) is 30.3 Å². The van der Waals surface area contributed by atoms with E-state index in [-0.39, 0.29) is 0 Å². The maximum Gasteiger partial charge on any atom is 0.276 e. The zero-order valence-corrected chi connectivity index (χ0v) is 12.3. The Morgan fingerprint density at radius 3 is 2.67 bits per heavy atom. The van der Waals surface area contributed by atoms with Crippen molar-refractivity contribution < 1.29 is 9.90 Å². The monoisotopic (exact) mass is 302 g/mol. The van der Waals surface area contributed by atoms with Crippen molar-refractivity contribution in [3.8, 4) is 0 Å². The zero-order chi connectivity index (χ0) is 15.0. The predicted molar refractivity (Wildman–Crippen MR) is 81.9 cm³/mol. The summed E-state index contributed by atoms with van der Waals surface area (Å²) >= 11 is 5.99. The average Bonchev–Trinajstić information content (AvgIpc) is 2.73. The Morgan fingerprint density at radius 2 is 1.95 bits per heavy atom. The number of carbonyl (C=O) groups excluding carboxylic acids is 1. The molecule has 0 aliphatic carbocycles. The van der Waals surface area contributed by atoms with Gasteiger partial charge in [-0.2, -0.15) is 0 Å². The number of rotatable bonds is 3. The van der Waals surface area contributed by atoms with Gasteiger partial charge in [-0.05, 0) is 30.8 Å². The molecule has 1 atom stereocenters. The van der Waals surface area contributed by atoms with Crippen molar-refractivity contribution in [2.75, 3.05) is 12.4 Å². The number of hydrogen-bond acceptors (Lipinski definition) is 3. The number of nitrogens with zero attached hydrogens (tertiary/aromatic N) is 1. The van der Waals surface area contributed by atoms with Crippen LogP contribution in [0.1, 0.15) is 11.1 Å². The minimum absolute atomic E-state index is 0.441. The van der Waals surface area contributed by atoms with Gasteiger partial charge in [0.2, 0.25) is 5.72 Å². The fourth-order valence-corrected chi connectivity index (χ4v) is 2.77. The number of aliphatic hydroxyl groups is 1. The lowest BCUT2D eigenvalue weighted by Gasteiger charge is -2.32. The molecule has 0 spiro atoms. The number of nitrogens with one attached hydrogen (secondary N) is 1. The van der Waals surface area contributed by atoms with Crippen LogP contribution >= 0.6 is 11.6 Å². The average molecular weight is 303 g/mol. The highest BCUT2D eigenvalue weighted by atomic mass is 35.5. The maximum atomic E-state index is 12.3. The van der Waals surface area contributed by atoms with Gasteiger partial charge in [0, 0.05) is 22.8 Å². The highest BCUT2D eigenvalue weighted by Crippen LogP contribution is 2.39. The molecule has 0 aromatic heterocycles. The molecule has 3 rings (SSSR count). The summed E-state index contributed by atoms with van der Waals surface area (Å²) in [7, 11) is 1.71. The second-order valence-corrected chi connectivity index (χ2v) is 5.59. The van der Waals surface area contributed by atoms with Crippen LogP contribution in [0.2, 0.25) is 5.02 Å². The molecule has 0 saturated carbocycles. The van der Waals surface area contributed by atoms with Gasteiger partial charge in [0.1, 0.15) is 0 Å². The Hall–Kier alpha value is -1.88. The van der Waals surface area contributed by atoms with E-state index in [0.29, 0.717) is 22.8 Å². The number of likely N-dealkylation sites (N-methyl/N-ethyl adjacent to an activating group) is 1. The molecular formula is C16H15ClN2O2. The SMILES string of the molecule is CN(Cc1ccccc1)C1(O)C(=O)Nc2ccc(Cl)cc21. The topological polar surface area (TPSA) is 52.6 Å². The summed E-state index contributed by atoms with van der Waals surface area (Å²) in [6, 6.07) is 14.7. The third-order valence-corrected chi connectivity index (χ3v) is 3.97. The molecule has 5 heteroatoms. The van der Waals surface area contributed by atoms with E-state index in [4.69, 9.17) is 11.6 Å². The predicted octanol–water partition coefficient (Wildman–Crippen LogP) is 2.57. The fourth-order valence-electron chi connectivity index (χ4n) is 2.60. The van der Waals surface area contributed by atoms with Gasteiger partial charge in [-0.1, -0.05) is 41.9 Å². The highest BCUT2D eigenvalue weighted by Gasteiger charge is 2.48. The lowest BCUT2D eigenvalue weighted by molar-refractivity contribution is -0.156. The van der Waals surface area contributed by atoms with Crippen molar-refractivity contribution in [3.05, 3.63) is 64.7 Å². The molecule has 1 aliphatic rings. The molecular weight excluding hydrogens is 288 g/mol. The fraction of sp³-hybridized carbons (Fsp3) is 0.188. The van der Waals surface area contributed by atoms with Crippen molar-refractivity contribution >= 4 is 23.2 Å². The largest absolute Gasteiger partial charge is 0.364 e. The molecule has 0 radical (unpaired) electrons. The van der Waals surface area contributed by atoms with Gasteiger partial charge in [0.15, 0.2) is 0 Å². The molecule has 0 bridgehead atoms. The molecule has 0 fully saturated rings. The molecule has 1 amide bonds. The second-order valence-electron chi connectivity index (χ2n) is 5.16. The van der Waals surface area contributed by atoms with E-state index in [0.717, 1.165) is 5.56 Å². The van der Waals surface area contributed by atoms with Crippen LogP contribution in [0.4, 0.5) is 5.69 Å². The summed E-state index contributed by atoms with van der Waals surface area (Å²) in [4.78, 5) is 13.9. The molecule has 4 nitrogen and oxygen atoms in total. The molecule has 1 aliphatic heterocycles. The highest BCUT2D eigenvalue weighted by molar-refractivity contribution is 6.31. The van der Waals surface area contributed by atoms with Crippen LogP contribution in [0.3, 0.4) is 0 Å². The molecule has 1 heterocycles. The third kappa shape index (κ3) is 2.31. The van der Waals surface area contributed by atoms with Crippen LogP contribution in [-0.2, 0) is 17.1 Å². The number of halogens is 1. The Labute approximate surface area is 128 Å². The minimum Gasteiger partial charge on any atom is -0.364 e. The number of carbonyl (C=O) groups is 1. The number of fused-ring (bicyclic) bond motifs is 1. The van der Waals surface area contributed by atoms with E-state index in [1.165, 1.54) is 0 Å². The molecule has 21 heavy (non-hydrogen) atoms. The molecule has 2 aromatic rings. The van der Waals surface area contributed by atoms with Crippen molar-refractivity contribution in [1.82, 2.24) is 4.90 Å². The summed E-state index contributed by atoms with van der Waals surface area (Å²) in [5.74, 6) is -0.460. The lowest BCUT2D eigenvalue weighted by atomic mass is 10.0. The van der Waals surface area contributed by atoms with Crippen molar-refractivity contribution in [3.63, 3.8) is 0 Å². The summed E-state index contributed by atoms with van der Waals surface area (Å²) in [5, 5.41) is 14.1. The standard InChI is InChI=1S/C16H15ClN2O2/c1-19(10-11-5-3-2-4-6-11)16(21)13-9-12(17)7-8-14(13)18-15(16)20/h2-9,21H,10H2,1H3,(H,18,20). The van der Waals surface area contributed by atoms with Crippen LogP contribution in [0, 0.1) is 0 Å². The van der Waals surface area contributed by atoms with E-state index in [9.17, 15) is 9.90 Å². The maximum absolute atomic E-state index is 12.3. The van der Waals surface area contributed by atoms with Gasteiger partial charge in [-0.15, -0.1) is 0 Å². The van der Waals surface area contributed by atoms with Gasteiger partial charge >= 0.3 is 0 Å². The first kappa shape index (κ1) is 14.1. The summed E-state index contributed by atoms with van der Waals surface area (Å²) in [6.45, 7) is 0.441. The van der Waals surface area contributed by atoms with Crippen molar-refractivity contribution in [2.24, 2.45) is 0 Å². The van der Waals surface area contributed by atoms with Gasteiger partial charge in [-0.25, -0.2) is 0 Å². The molecule has 1 unspecified atom stereocenters. The quantitative estimate of drug-likeness (QED) is 0.857. The van der Waals surface area contributed by atoms with Gasteiger partial charge in [0.25, 0.3) is 5.91 Å². The molecule has 108 valence electrons. The van der Waals surface area contributed by atoms with E-state index in [1.54, 1.807) is 30.1 Å². The van der Waals surface area contributed by atoms with Crippen molar-refractivity contribution in [2.45, 2.75) is 12.3 Å². The smallest absolute Gasteiger partial charge is 0.276 e. The van der Waals surface area contributed by atoms with Crippen LogP contribution in [0.25, 0.3) is 0 Å². The van der Waals surface area contributed by atoms with E-state index in [2.05, 4.69) is 5.32 Å². The Morgan fingerprint density at radius 1 is 1.24 bits per heavy atom. The Bertz CT molecular complexity index is 690. The minimum atomic E-state index is -1.71. The number of benzene rings is 2. The Kier molecular flexibility index (Phi) is 3.45. The number of hydrogen-bond donors (Lipinski definition) is 2. The van der Waals surface area contributed by atoms with Gasteiger partial charge in [0.05, 0.1) is 0 Å². The third-order valence-electron chi connectivity index (χ3n) is 3.74. The number of anilines is 1. The Balaban J connectivity index is 1.97. The zero-order valence-electron chi connectivity index (χ0n) is 11.5. The second kappa shape index (κ2) is 5.15. The summed E-state index contributed by atoms with van der Waals surface area (Å²) < 4.78 is 0. The van der Waals surface area contributed by atoms with Crippen LogP contribution in [0.15, 0.2) is 48.5 Å². The number of amides is 1. The first-order valence-electron chi connectivity index (χ1n) is 6.61. The summed E-state index contributed by atoms with van der Waals surface area (Å²) in [6.07, 6.45) is 0. The van der Waals surface area contributed by atoms with Crippen LogP contribution in [-0.4, -0.2) is 23.0 Å². The molecule has 2 aromatic carbocycles. The van der Waals surface area contributed by atoms with Gasteiger partial charge in [-0.3, -0.25) is 9.69 Å². The summed E-state index contributed by atoms with van der Waals surface area (Å²) in [5.41, 5.74) is 0.373. The molecule has 2 N–H and O–H groups in total. The van der Waals surface area contributed by atoms with E-state index < -0.39 is 11.6 Å². The normalized spacial score (nSPS) is 20.5. The van der Waals surface area contributed by atoms with Crippen LogP contribution in [0.5, 0.6) is 0 Å². The first-order valence-corrected chi connectivity index (χ1v) is 6.98. The van der Waals surface area contributed by atoms with Crippen molar-refractivity contribution in [1.29, 1.82) is 0 Å². The van der Waals surface area contributed by atoms with Crippen LogP contribution < -0.4 is 5.32 Å². The van der Waals surface area contributed by atoms with Gasteiger partial charge < -0.3 is 10.4 Å². The van der Waals surface area contributed by atoms with E-state index >= 15 is 0 Å². The first-order chi connectivity index (χ1) is 10.0. The molecule has 0 saturated heterocycles. The lowest BCUT2D eigenvalue weighted by Crippen LogP contribution is -2.48.